The summed E-state index contributed by atoms with van der Waals surface area (Å²) in [6.07, 6.45) is 1.12. The van der Waals surface area contributed by atoms with Crippen LogP contribution in [-0.4, -0.2) is 55.4 Å². The molecule has 1 aliphatic carbocycles. The van der Waals surface area contributed by atoms with Crippen LogP contribution in [0.15, 0.2) is 0 Å². The van der Waals surface area contributed by atoms with Crippen LogP contribution in [-0.2, 0) is 19.4 Å². The maximum Gasteiger partial charge on any atom is 0.307 e. The zero-order valence-corrected chi connectivity index (χ0v) is 12.5. The highest BCUT2D eigenvalue weighted by Crippen LogP contribution is 2.58. The molecule has 0 radical (unpaired) electrons. The Balaban J connectivity index is 2.73. The van der Waals surface area contributed by atoms with Crippen molar-refractivity contribution in [3.05, 3.63) is 0 Å². The van der Waals surface area contributed by atoms with Crippen molar-refractivity contribution >= 4 is 21.7 Å². The quantitative estimate of drug-likeness (QED) is 0.756. The second kappa shape index (κ2) is 5.11. The minimum absolute atomic E-state index is 0.0997. The van der Waals surface area contributed by atoms with Crippen LogP contribution < -0.4 is 0 Å². The minimum Gasteiger partial charge on any atom is -0.481 e. The molecule has 0 aromatic rings. The predicted molar refractivity (Wildman–Crippen MR) is 70.4 cm³/mol. The molecule has 6 nitrogen and oxygen atoms in total. The van der Waals surface area contributed by atoms with E-state index in [1.54, 1.807) is 20.8 Å². The third-order valence-electron chi connectivity index (χ3n) is 3.78. The van der Waals surface area contributed by atoms with Crippen molar-refractivity contribution in [2.75, 3.05) is 25.1 Å². The van der Waals surface area contributed by atoms with Crippen LogP contribution in [0.2, 0.25) is 0 Å². The van der Waals surface area contributed by atoms with E-state index in [1.807, 2.05) is 0 Å². The molecule has 0 bridgehead atoms. The zero-order chi connectivity index (χ0) is 15.0. The molecule has 1 saturated carbocycles. The van der Waals surface area contributed by atoms with Gasteiger partial charge in [0.2, 0.25) is 5.91 Å². The van der Waals surface area contributed by atoms with Crippen molar-refractivity contribution in [1.29, 1.82) is 0 Å². The molecule has 1 amide bonds. The van der Waals surface area contributed by atoms with Crippen LogP contribution in [0.3, 0.4) is 0 Å². The van der Waals surface area contributed by atoms with E-state index in [0.717, 1.165) is 6.26 Å². The normalized spacial score (nSPS) is 24.8. The lowest BCUT2D eigenvalue weighted by molar-refractivity contribution is -0.142. The Morgan fingerprint density at radius 1 is 1.26 bits per heavy atom. The summed E-state index contributed by atoms with van der Waals surface area (Å²) >= 11 is 0. The molecule has 0 aromatic carbocycles. The summed E-state index contributed by atoms with van der Waals surface area (Å²) in [5.74, 6) is -2.56. The smallest absolute Gasteiger partial charge is 0.307 e. The summed E-state index contributed by atoms with van der Waals surface area (Å²) in [6, 6.07) is 0. The second-order valence-electron chi connectivity index (χ2n) is 5.66. The molecule has 0 aromatic heterocycles. The van der Waals surface area contributed by atoms with Crippen LogP contribution in [0.5, 0.6) is 0 Å². The van der Waals surface area contributed by atoms with Gasteiger partial charge in [-0.05, 0) is 12.3 Å². The maximum atomic E-state index is 12.3. The maximum absolute atomic E-state index is 12.3. The molecule has 19 heavy (non-hydrogen) atoms. The molecule has 1 aliphatic rings. The van der Waals surface area contributed by atoms with Crippen LogP contribution in [0.1, 0.15) is 20.8 Å². The fourth-order valence-electron chi connectivity index (χ4n) is 2.46. The number of hydrogen-bond acceptors (Lipinski definition) is 4. The van der Waals surface area contributed by atoms with Gasteiger partial charge in [-0.1, -0.05) is 13.8 Å². The molecule has 0 saturated heterocycles. The van der Waals surface area contributed by atoms with Crippen molar-refractivity contribution in [3.63, 3.8) is 0 Å². The van der Waals surface area contributed by atoms with Crippen LogP contribution in [0, 0.1) is 17.3 Å². The molecule has 0 aliphatic heterocycles. The van der Waals surface area contributed by atoms with Gasteiger partial charge < -0.3 is 10.0 Å². The van der Waals surface area contributed by atoms with Crippen molar-refractivity contribution in [2.45, 2.75) is 20.8 Å². The number of hydrogen-bond donors (Lipinski definition) is 1. The number of carboxylic acids is 1. The summed E-state index contributed by atoms with van der Waals surface area (Å²) in [4.78, 5) is 24.7. The van der Waals surface area contributed by atoms with E-state index >= 15 is 0 Å². The molecular formula is C12H21NO5S. The molecule has 0 heterocycles. The second-order valence-corrected chi connectivity index (χ2v) is 7.92. The lowest BCUT2D eigenvalue weighted by Gasteiger charge is -2.21. The number of carboxylic acid groups (broad SMARTS) is 1. The van der Waals surface area contributed by atoms with E-state index in [4.69, 9.17) is 5.11 Å². The largest absolute Gasteiger partial charge is 0.481 e. The monoisotopic (exact) mass is 291 g/mol. The van der Waals surface area contributed by atoms with E-state index in [1.165, 1.54) is 4.90 Å². The van der Waals surface area contributed by atoms with Gasteiger partial charge in [-0.2, -0.15) is 0 Å². The Kier molecular flexibility index (Phi) is 4.29. The van der Waals surface area contributed by atoms with Gasteiger partial charge in [-0.3, -0.25) is 9.59 Å². The Morgan fingerprint density at radius 3 is 2.11 bits per heavy atom. The van der Waals surface area contributed by atoms with Gasteiger partial charge in [-0.25, -0.2) is 8.42 Å². The van der Waals surface area contributed by atoms with Crippen molar-refractivity contribution in [2.24, 2.45) is 17.3 Å². The number of rotatable bonds is 6. The minimum atomic E-state index is -3.14. The summed E-state index contributed by atoms with van der Waals surface area (Å²) in [6.45, 7) is 5.75. The van der Waals surface area contributed by atoms with Gasteiger partial charge in [0.25, 0.3) is 0 Å². The van der Waals surface area contributed by atoms with Crippen molar-refractivity contribution in [1.82, 2.24) is 4.90 Å². The van der Waals surface area contributed by atoms with Gasteiger partial charge in [0, 0.05) is 19.3 Å². The van der Waals surface area contributed by atoms with E-state index in [2.05, 4.69) is 0 Å². The third-order valence-corrected chi connectivity index (χ3v) is 4.71. The highest BCUT2D eigenvalue weighted by molar-refractivity contribution is 7.90. The molecule has 7 heteroatoms. The van der Waals surface area contributed by atoms with E-state index in [-0.39, 0.29) is 18.2 Å². The average Bonchev–Trinajstić information content (AvgIpc) is 2.80. The zero-order valence-electron chi connectivity index (χ0n) is 11.7. The Hall–Kier alpha value is -1.11. The van der Waals surface area contributed by atoms with Crippen molar-refractivity contribution in [3.8, 4) is 0 Å². The number of sulfone groups is 1. The SMILES string of the molecule is CCN(CCS(C)(=O)=O)C(=O)[C@@H]1[C@H](C(=O)O)C1(C)C. The van der Waals surface area contributed by atoms with Crippen LogP contribution in [0.4, 0.5) is 0 Å². The van der Waals surface area contributed by atoms with Gasteiger partial charge in [-0.15, -0.1) is 0 Å². The molecule has 0 unspecified atom stereocenters. The van der Waals surface area contributed by atoms with E-state index in [9.17, 15) is 18.0 Å². The molecule has 110 valence electrons. The van der Waals surface area contributed by atoms with E-state index in [0.29, 0.717) is 6.54 Å². The molecular weight excluding hydrogens is 270 g/mol. The molecule has 0 spiro atoms. The third kappa shape index (κ3) is 3.46. The number of carbonyl (C=O) groups excluding carboxylic acids is 1. The summed E-state index contributed by atoms with van der Waals surface area (Å²) in [5.41, 5.74) is -0.554. The Morgan fingerprint density at radius 2 is 1.79 bits per heavy atom. The van der Waals surface area contributed by atoms with Gasteiger partial charge >= 0.3 is 5.97 Å². The fourth-order valence-corrected chi connectivity index (χ4v) is 3.01. The first-order chi connectivity index (χ1) is 8.52. The van der Waals surface area contributed by atoms with Crippen LogP contribution in [0.25, 0.3) is 0 Å². The first kappa shape index (κ1) is 15.9. The summed E-state index contributed by atoms with van der Waals surface area (Å²) in [7, 11) is -3.14. The number of carbonyl (C=O) groups is 2. The Labute approximate surface area is 113 Å². The van der Waals surface area contributed by atoms with E-state index < -0.39 is 33.1 Å². The van der Waals surface area contributed by atoms with Crippen molar-refractivity contribution < 1.29 is 23.1 Å². The first-order valence-electron chi connectivity index (χ1n) is 6.21. The number of amides is 1. The predicted octanol–water partition coefficient (Wildman–Crippen LogP) is 0.236. The highest BCUT2D eigenvalue weighted by atomic mass is 32.2. The van der Waals surface area contributed by atoms with Gasteiger partial charge in [0.15, 0.2) is 0 Å². The Bertz CT molecular complexity index is 482. The molecule has 1 fully saturated rings. The van der Waals surface area contributed by atoms with Gasteiger partial charge in [0.05, 0.1) is 17.6 Å². The molecule has 1 N–H and O–H groups in total. The molecule has 1 rings (SSSR count). The molecule has 2 atom stereocenters. The average molecular weight is 291 g/mol. The first-order valence-corrected chi connectivity index (χ1v) is 8.27. The standard InChI is InChI=1S/C12H21NO5S/c1-5-13(6-7-19(4,17)18)10(14)8-9(11(15)16)12(8,2)3/h8-9H,5-7H2,1-4H3,(H,15,16)/t8-,9+/m0/s1. The highest BCUT2D eigenvalue weighted by Gasteiger charge is 2.66. The summed E-state index contributed by atoms with van der Waals surface area (Å²) in [5, 5.41) is 9.06. The number of aliphatic carboxylic acids is 1. The summed E-state index contributed by atoms with van der Waals surface area (Å²) < 4.78 is 22.3. The van der Waals surface area contributed by atoms with Crippen LogP contribution >= 0.6 is 0 Å². The number of nitrogens with zero attached hydrogens (tertiary/aromatic N) is 1. The lowest BCUT2D eigenvalue weighted by Crippen LogP contribution is -2.37. The lowest BCUT2D eigenvalue weighted by atomic mass is 10.1. The fraction of sp³-hybridized carbons (Fsp3) is 0.833. The topological polar surface area (TPSA) is 91.8 Å². The van der Waals surface area contributed by atoms with Gasteiger partial charge in [0.1, 0.15) is 9.84 Å².